The number of rotatable bonds is 3. The minimum absolute atomic E-state index is 0.159. The topological polar surface area (TPSA) is 56.5 Å². The van der Waals surface area contributed by atoms with Gasteiger partial charge in [0.1, 0.15) is 17.7 Å². The second kappa shape index (κ2) is 6.02. The van der Waals surface area contributed by atoms with E-state index in [1.54, 1.807) is 25.3 Å². The summed E-state index contributed by atoms with van der Waals surface area (Å²) >= 11 is 6.30. The molecule has 1 heterocycles. The third-order valence-corrected chi connectivity index (χ3v) is 3.90. The maximum atomic E-state index is 13.9. The molecule has 0 bridgehead atoms. The number of ether oxygens (including phenoxy) is 2. The molecular formula is C16H16ClFN2O2. The average molecular weight is 323 g/mol. The van der Waals surface area contributed by atoms with Crippen LogP contribution in [-0.2, 0) is 0 Å². The van der Waals surface area contributed by atoms with E-state index in [4.69, 9.17) is 26.8 Å². The predicted octanol–water partition coefficient (Wildman–Crippen LogP) is 3.29. The first kappa shape index (κ1) is 14.9. The molecule has 0 amide bonds. The highest BCUT2D eigenvalue weighted by molar-refractivity contribution is 6.33. The van der Waals surface area contributed by atoms with Crippen molar-refractivity contribution in [3.63, 3.8) is 0 Å². The summed E-state index contributed by atoms with van der Waals surface area (Å²) in [5.74, 6) is 0.844. The smallest absolute Gasteiger partial charge is 0.151 e. The number of nitrogens with one attached hydrogen (secondary N) is 1. The van der Waals surface area contributed by atoms with E-state index in [2.05, 4.69) is 5.32 Å². The predicted molar refractivity (Wildman–Crippen MR) is 85.4 cm³/mol. The fourth-order valence-corrected chi connectivity index (χ4v) is 2.73. The Balaban J connectivity index is 2.13. The molecule has 0 saturated heterocycles. The standard InChI is InChI=1S/C16H16ClFN2O2/c1-21-10-2-3-12(14(17)6-10)13-4-9(18)5-15-16(13)22-11(7-19)8-20-15/h2-6,11,20H,7-8,19H2,1H3/t11-/m1/s1. The van der Waals surface area contributed by atoms with Gasteiger partial charge in [-0.25, -0.2) is 4.39 Å². The van der Waals surface area contributed by atoms with Gasteiger partial charge in [-0.15, -0.1) is 0 Å². The Kier molecular flexibility index (Phi) is 4.09. The number of fused-ring (bicyclic) bond motifs is 1. The Labute approximate surface area is 133 Å². The third-order valence-electron chi connectivity index (χ3n) is 3.59. The summed E-state index contributed by atoms with van der Waals surface area (Å²) in [4.78, 5) is 0. The summed E-state index contributed by atoms with van der Waals surface area (Å²) in [6, 6.07) is 8.06. The summed E-state index contributed by atoms with van der Waals surface area (Å²) < 4.78 is 24.9. The molecule has 0 saturated carbocycles. The normalized spacial score (nSPS) is 16.5. The van der Waals surface area contributed by atoms with Gasteiger partial charge in [-0.2, -0.15) is 0 Å². The van der Waals surface area contributed by atoms with E-state index < -0.39 is 0 Å². The van der Waals surface area contributed by atoms with Crippen molar-refractivity contribution in [2.75, 3.05) is 25.5 Å². The molecule has 0 fully saturated rings. The van der Waals surface area contributed by atoms with Gasteiger partial charge >= 0.3 is 0 Å². The summed E-state index contributed by atoms with van der Waals surface area (Å²) in [5.41, 5.74) is 7.54. The third kappa shape index (κ3) is 2.69. The second-order valence-electron chi connectivity index (χ2n) is 5.03. The molecule has 22 heavy (non-hydrogen) atoms. The van der Waals surface area contributed by atoms with Crippen LogP contribution in [0.2, 0.25) is 5.02 Å². The van der Waals surface area contributed by atoms with E-state index in [0.717, 1.165) is 0 Å². The Morgan fingerprint density at radius 1 is 1.36 bits per heavy atom. The molecule has 0 spiro atoms. The van der Waals surface area contributed by atoms with Gasteiger partial charge in [-0.3, -0.25) is 0 Å². The first-order valence-corrected chi connectivity index (χ1v) is 7.28. The molecule has 3 rings (SSSR count). The Hall–Kier alpha value is -1.98. The van der Waals surface area contributed by atoms with Crippen LogP contribution >= 0.6 is 11.6 Å². The summed E-state index contributed by atoms with van der Waals surface area (Å²) in [5, 5.41) is 3.61. The van der Waals surface area contributed by atoms with Crippen LogP contribution in [0.15, 0.2) is 30.3 Å². The molecule has 2 aromatic rings. The largest absolute Gasteiger partial charge is 0.497 e. The van der Waals surface area contributed by atoms with Crippen LogP contribution in [-0.4, -0.2) is 26.3 Å². The first-order valence-electron chi connectivity index (χ1n) is 6.90. The minimum atomic E-state index is -0.358. The van der Waals surface area contributed by atoms with Gasteiger partial charge in [0.05, 0.1) is 24.4 Å². The zero-order chi connectivity index (χ0) is 15.7. The van der Waals surface area contributed by atoms with Crippen molar-refractivity contribution >= 4 is 17.3 Å². The van der Waals surface area contributed by atoms with E-state index >= 15 is 0 Å². The van der Waals surface area contributed by atoms with E-state index in [9.17, 15) is 4.39 Å². The lowest BCUT2D eigenvalue weighted by molar-refractivity contribution is 0.215. The molecule has 4 nitrogen and oxygen atoms in total. The molecule has 6 heteroatoms. The molecule has 1 aliphatic heterocycles. The van der Waals surface area contributed by atoms with Crippen molar-refractivity contribution in [2.24, 2.45) is 5.73 Å². The fraction of sp³-hybridized carbons (Fsp3) is 0.250. The Morgan fingerprint density at radius 3 is 2.86 bits per heavy atom. The van der Waals surface area contributed by atoms with Crippen molar-refractivity contribution in [1.29, 1.82) is 0 Å². The van der Waals surface area contributed by atoms with Crippen molar-refractivity contribution in [3.05, 3.63) is 41.2 Å². The number of benzene rings is 2. The van der Waals surface area contributed by atoms with Crippen LogP contribution in [0.5, 0.6) is 11.5 Å². The van der Waals surface area contributed by atoms with Crippen LogP contribution in [0.3, 0.4) is 0 Å². The van der Waals surface area contributed by atoms with Crippen LogP contribution in [0.1, 0.15) is 0 Å². The molecule has 0 aliphatic carbocycles. The van der Waals surface area contributed by atoms with Gasteiger partial charge in [-0.05, 0) is 24.3 Å². The molecule has 1 atom stereocenters. The summed E-state index contributed by atoms with van der Waals surface area (Å²) in [7, 11) is 1.56. The van der Waals surface area contributed by atoms with Crippen LogP contribution in [0.25, 0.3) is 11.1 Å². The summed E-state index contributed by atoms with van der Waals surface area (Å²) in [6.45, 7) is 0.919. The van der Waals surface area contributed by atoms with E-state index in [0.29, 0.717) is 46.4 Å². The number of anilines is 1. The molecule has 2 aromatic carbocycles. The van der Waals surface area contributed by atoms with Gasteiger partial charge in [0.2, 0.25) is 0 Å². The number of methoxy groups -OCH3 is 1. The second-order valence-corrected chi connectivity index (χ2v) is 5.44. The number of halogens is 2. The van der Waals surface area contributed by atoms with Gasteiger partial charge in [0.25, 0.3) is 0 Å². The zero-order valence-corrected chi connectivity index (χ0v) is 12.8. The quantitative estimate of drug-likeness (QED) is 0.910. The van der Waals surface area contributed by atoms with Gasteiger partial charge in [0.15, 0.2) is 5.75 Å². The van der Waals surface area contributed by atoms with Gasteiger partial charge in [0, 0.05) is 23.7 Å². The van der Waals surface area contributed by atoms with Crippen LogP contribution in [0.4, 0.5) is 10.1 Å². The van der Waals surface area contributed by atoms with Crippen LogP contribution in [0, 0.1) is 5.82 Å². The Morgan fingerprint density at radius 2 is 2.18 bits per heavy atom. The molecule has 0 aromatic heterocycles. The molecule has 1 aliphatic rings. The average Bonchev–Trinajstić information content (AvgIpc) is 2.53. The molecule has 0 radical (unpaired) electrons. The molecule has 3 N–H and O–H groups in total. The SMILES string of the molecule is COc1ccc(-c2cc(F)cc3c2O[C@H](CN)CN3)c(Cl)c1. The highest BCUT2D eigenvalue weighted by atomic mass is 35.5. The van der Waals surface area contributed by atoms with Crippen molar-refractivity contribution in [2.45, 2.75) is 6.10 Å². The Bertz CT molecular complexity index is 709. The monoisotopic (exact) mass is 322 g/mol. The van der Waals surface area contributed by atoms with E-state index in [1.807, 2.05) is 0 Å². The zero-order valence-electron chi connectivity index (χ0n) is 12.0. The first-order chi connectivity index (χ1) is 10.6. The van der Waals surface area contributed by atoms with E-state index in [-0.39, 0.29) is 11.9 Å². The lowest BCUT2D eigenvalue weighted by Crippen LogP contribution is -2.37. The number of hydrogen-bond acceptors (Lipinski definition) is 4. The maximum Gasteiger partial charge on any atom is 0.151 e. The lowest BCUT2D eigenvalue weighted by atomic mass is 10.0. The van der Waals surface area contributed by atoms with Crippen molar-refractivity contribution < 1.29 is 13.9 Å². The van der Waals surface area contributed by atoms with Gasteiger partial charge < -0.3 is 20.5 Å². The van der Waals surface area contributed by atoms with Crippen molar-refractivity contribution in [3.8, 4) is 22.6 Å². The highest BCUT2D eigenvalue weighted by Gasteiger charge is 2.23. The number of hydrogen-bond donors (Lipinski definition) is 2. The fourth-order valence-electron chi connectivity index (χ4n) is 2.46. The van der Waals surface area contributed by atoms with E-state index in [1.165, 1.54) is 12.1 Å². The summed E-state index contributed by atoms with van der Waals surface area (Å²) in [6.07, 6.45) is -0.159. The van der Waals surface area contributed by atoms with Crippen molar-refractivity contribution in [1.82, 2.24) is 0 Å². The molecule has 0 unspecified atom stereocenters. The highest BCUT2D eigenvalue weighted by Crippen LogP contribution is 2.43. The maximum absolute atomic E-state index is 13.9. The lowest BCUT2D eigenvalue weighted by Gasteiger charge is -2.28. The van der Waals surface area contributed by atoms with Gasteiger partial charge in [-0.1, -0.05) is 11.6 Å². The minimum Gasteiger partial charge on any atom is -0.497 e. The number of nitrogens with two attached hydrogens (primary N) is 1. The van der Waals surface area contributed by atoms with Crippen LogP contribution < -0.4 is 20.5 Å². The molecular weight excluding hydrogens is 307 g/mol. The molecule has 116 valence electrons.